The molecule has 1 aromatic heterocycles. The van der Waals surface area contributed by atoms with Crippen LogP contribution in [0.1, 0.15) is 30.0 Å². The van der Waals surface area contributed by atoms with E-state index >= 15 is 0 Å². The maximum Gasteiger partial charge on any atom is 0.106 e. The van der Waals surface area contributed by atoms with Crippen LogP contribution in [0.25, 0.3) is 0 Å². The van der Waals surface area contributed by atoms with Crippen molar-refractivity contribution in [3.05, 3.63) is 46.4 Å². The molecule has 108 valence electrons. The highest BCUT2D eigenvalue weighted by Gasteiger charge is 2.13. The zero-order chi connectivity index (χ0) is 14.9. The van der Waals surface area contributed by atoms with Crippen LogP contribution in [0.3, 0.4) is 0 Å². The van der Waals surface area contributed by atoms with Gasteiger partial charge in [0.05, 0.1) is 16.8 Å². The van der Waals surface area contributed by atoms with Crippen molar-refractivity contribution in [1.82, 2.24) is 0 Å². The first-order valence-electron chi connectivity index (χ1n) is 6.69. The summed E-state index contributed by atoms with van der Waals surface area (Å²) in [5.74, 6) is 1.89. The Bertz CT molecular complexity index is 605. The monoisotopic (exact) mass is 292 g/mol. The minimum Gasteiger partial charge on any atom is -0.466 e. The summed E-state index contributed by atoms with van der Waals surface area (Å²) in [6, 6.07) is 8.26. The van der Waals surface area contributed by atoms with Gasteiger partial charge < -0.3 is 14.6 Å². The van der Waals surface area contributed by atoms with Crippen molar-refractivity contribution in [2.45, 2.75) is 26.8 Å². The molecule has 0 spiro atoms. The Morgan fingerprint density at radius 2 is 1.90 bits per heavy atom. The summed E-state index contributed by atoms with van der Waals surface area (Å²) in [6.07, 6.45) is 0. The zero-order valence-electron chi connectivity index (χ0n) is 12.6. The molecule has 2 rings (SSSR count). The Balaban J connectivity index is 2.18. The van der Waals surface area contributed by atoms with E-state index in [1.807, 2.05) is 51.0 Å². The molecule has 0 bridgehead atoms. The van der Waals surface area contributed by atoms with Crippen LogP contribution in [-0.4, -0.2) is 14.1 Å². The Hall–Kier alpha value is -1.61. The molecule has 2 aromatic rings. The summed E-state index contributed by atoms with van der Waals surface area (Å²) in [6.45, 7) is 6.07. The fourth-order valence-corrected chi connectivity index (χ4v) is 2.72. The second-order valence-electron chi connectivity index (χ2n) is 5.30. The molecule has 1 aromatic carbocycles. The number of aryl methyl sites for hydroxylation is 2. The van der Waals surface area contributed by atoms with Crippen LogP contribution < -0.4 is 10.2 Å². The lowest BCUT2D eigenvalue weighted by atomic mass is 10.1. The molecule has 0 amide bonds. The first kappa shape index (κ1) is 14.8. The normalized spacial score (nSPS) is 12.3. The molecule has 0 saturated carbocycles. The molecule has 0 fully saturated rings. The van der Waals surface area contributed by atoms with Crippen molar-refractivity contribution >= 4 is 23.0 Å². The van der Waals surface area contributed by atoms with Gasteiger partial charge in [-0.1, -0.05) is 11.6 Å². The molecule has 1 heterocycles. The highest BCUT2D eigenvalue weighted by atomic mass is 35.5. The molecule has 3 nitrogen and oxygen atoms in total. The third-order valence-corrected chi connectivity index (χ3v) is 3.66. The van der Waals surface area contributed by atoms with E-state index in [-0.39, 0.29) is 6.04 Å². The van der Waals surface area contributed by atoms with Crippen LogP contribution in [0.2, 0.25) is 5.02 Å². The van der Waals surface area contributed by atoms with Crippen molar-refractivity contribution in [3.8, 4) is 0 Å². The van der Waals surface area contributed by atoms with E-state index in [1.165, 1.54) is 5.56 Å². The fourth-order valence-electron chi connectivity index (χ4n) is 2.37. The van der Waals surface area contributed by atoms with Crippen molar-refractivity contribution in [2.24, 2.45) is 0 Å². The van der Waals surface area contributed by atoms with Crippen LogP contribution >= 0.6 is 11.6 Å². The molecule has 4 heteroatoms. The number of hydrogen-bond donors (Lipinski definition) is 1. The Kier molecular flexibility index (Phi) is 4.29. The number of anilines is 2. The van der Waals surface area contributed by atoms with E-state index in [2.05, 4.69) is 18.3 Å². The predicted molar refractivity (Wildman–Crippen MR) is 86.0 cm³/mol. The van der Waals surface area contributed by atoms with Gasteiger partial charge >= 0.3 is 0 Å². The van der Waals surface area contributed by atoms with Gasteiger partial charge in [-0.05, 0) is 45.0 Å². The lowest BCUT2D eigenvalue weighted by molar-refractivity contribution is 0.500. The number of furan rings is 1. The van der Waals surface area contributed by atoms with Crippen LogP contribution in [0.4, 0.5) is 11.4 Å². The molecule has 0 aliphatic heterocycles. The summed E-state index contributed by atoms with van der Waals surface area (Å²) in [5.41, 5.74) is 3.20. The number of halogens is 1. The summed E-state index contributed by atoms with van der Waals surface area (Å²) in [4.78, 5) is 2.00. The SMILES string of the molecule is Cc1cc(C(C)Nc2ccc(N(C)C)c(Cl)c2)c(C)o1. The van der Waals surface area contributed by atoms with Gasteiger partial charge in [-0.15, -0.1) is 0 Å². The topological polar surface area (TPSA) is 28.4 Å². The number of nitrogens with one attached hydrogen (secondary N) is 1. The maximum absolute atomic E-state index is 6.29. The highest BCUT2D eigenvalue weighted by molar-refractivity contribution is 6.33. The quantitative estimate of drug-likeness (QED) is 0.878. The first-order valence-corrected chi connectivity index (χ1v) is 7.06. The number of nitrogens with zero attached hydrogens (tertiary/aromatic N) is 1. The molecular formula is C16H21ClN2O. The summed E-state index contributed by atoms with van der Waals surface area (Å²) >= 11 is 6.29. The molecule has 0 radical (unpaired) electrons. The molecule has 1 atom stereocenters. The standard InChI is InChI=1S/C16H21ClN2O/c1-10-8-14(12(3)20-10)11(2)18-13-6-7-16(19(4)5)15(17)9-13/h6-9,11,18H,1-5H3. The third-order valence-electron chi connectivity index (χ3n) is 3.36. The van der Waals surface area contributed by atoms with Crippen LogP contribution in [0.15, 0.2) is 28.7 Å². The zero-order valence-corrected chi connectivity index (χ0v) is 13.4. The molecule has 1 N–H and O–H groups in total. The Morgan fingerprint density at radius 1 is 1.20 bits per heavy atom. The van der Waals surface area contributed by atoms with Gasteiger partial charge in [-0.3, -0.25) is 0 Å². The molecule has 0 aliphatic rings. The summed E-state index contributed by atoms with van der Waals surface area (Å²) < 4.78 is 5.57. The molecule has 20 heavy (non-hydrogen) atoms. The van der Waals surface area contributed by atoms with Gasteiger partial charge in [0, 0.05) is 25.3 Å². The van der Waals surface area contributed by atoms with Crippen LogP contribution in [0, 0.1) is 13.8 Å². The lowest BCUT2D eigenvalue weighted by Crippen LogP contribution is -2.10. The minimum absolute atomic E-state index is 0.175. The van der Waals surface area contributed by atoms with Gasteiger partial charge in [0.2, 0.25) is 0 Å². The third kappa shape index (κ3) is 3.10. The second-order valence-corrected chi connectivity index (χ2v) is 5.70. The van der Waals surface area contributed by atoms with Gasteiger partial charge in [-0.2, -0.15) is 0 Å². The Labute approximate surface area is 125 Å². The lowest BCUT2D eigenvalue weighted by Gasteiger charge is -2.18. The minimum atomic E-state index is 0.175. The summed E-state index contributed by atoms with van der Waals surface area (Å²) in [7, 11) is 3.96. The van der Waals surface area contributed by atoms with E-state index in [1.54, 1.807) is 0 Å². The maximum atomic E-state index is 6.29. The van der Waals surface area contributed by atoms with Crippen molar-refractivity contribution in [3.63, 3.8) is 0 Å². The predicted octanol–water partition coefficient (Wildman–Crippen LogP) is 4.79. The average Bonchev–Trinajstić information content (AvgIpc) is 2.68. The van der Waals surface area contributed by atoms with E-state index in [4.69, 9.17) is 16.0 Å². The van der Waals surface area contributed by atoms with E-state index in [0.717, 1.165) is 27.9 Å². The van der Waals surface area contributed by atoms with Gasteiger partial charge in [0.25, 0.3) is 0 Å². The number of hydrogen-bond acceptors (Lipinski definition) is 3. The molecular weight excluding hydrogens is 272 g/mol. The van der Waals surface area contributed by atoms with Gasteiger partial charge in [-0.25, -0.2) is 0 Å². The molecule has 0 aliphatic carbocycles. The average molecular weight is 293 g/mol. The molecule has 0 saturated heterocycles. The second kappa shape index (κ2) is 5.80. The van der Waals surface area contributed by atoms with E-state index < -0.39 is 0 Å². The van der Waals surface area contributed by atoms with Gasteiger partial charge in [0.1, 0.15) is 11.5 Å². The Morgan fingerprint density at radius 3 is 2.40 bits per heavy atom. The number of benzene rings is 1. The fraction of sp³-hybridized carbons (Fsp3) is 0.375. The van der Waals surface area contributed by atoms with Crippen molar-refractivity contribution in [1.29, 1.82) is 0 Å². The molecule has 1 unspecified atom stereocenters. The van der Waals surface area contributed by atoms with Crippen molar-refractivity contribution < 1.29 is 4.42 Å². The van der Waals surface area contributed by atoms with Crippen molar-refractivity contribution in [2.75, 3.05) is 24.3 Å². The largest absolute Gasteiger partial charge is 0.466 e. The first-order chi connectivity index (χ1) is 9.38. The van der Waals surface area contributed by atoms with E-state index in [9.17, 15) is 0 Å². The number of rotatable bonds is 4. The van der Waals surface area contributed by atoms with Crippen LogP contribution in [-0.2, 0) is 0 Å². The smallest absolute Gasteiger partial charge is 0.106 e. The highest BCUT2D eigenvalue weighted by Crippen LogP contribution is 2.30. The van der Waals surface area contributed by atoms with Crippen LogP contribution in [0.5, 0.6) is 0 Å². The summed E-state index contributed by atoms with van der Waals surface area (Å²) in [5, 5.41) is 4.20. The van der Waals surface area contributed by atoms with E-state index in [0.29, 0.717) is 0 Å². The van der Waals surface area contributed by atoms with Gasteiger partial charge in [0.15, 0.2) is 0 Å².